The zero-order chi connectivity index (χ0) is 16.8. The second-order valence-electron chi connectivity index (χ2n) is 4.44. The van der Waals surface area contributed by atoms with E-state index in [1.54, 1.807) is 24.3 Å². The average Bonchev–Trinajstić information content (AvgIpc) is 2.52. The maximum Gasteiger partial charge on any atom is 0.332 e. The Morgan fingerprint density at radius 3 is 2.74 bits per heavy atom. The number of hydrogen-bond donors (Lipinski definition) is 2. The van der Waals surface area contributed by atoms with Crippen LogP contribution in [0, 0.1) is 17.5 Å². The highest BCUT2D eigenvalue weighted by atomic mass is 19.2. The van der Waals surface area contributed by atoms with Crippen molar-refractivity contribution < 1.29 is 22.7 Å². The Balaban J connectivity index is 2.05. The number of amides is 2. The van der Waals surface area contributed by atoms with Crippen molar-refractivity contribution in [1.82, 2.24) is 5.43 Å². The number of primary amides is 1. The fourth-order valence-electron chi connectivity index (χ4n) is 1.71. The highest BCUT2D eigenvalue weighted by molar-refractivity contribution is 5.81. The summed E-state index contributed by atoms with van der Waals surface area (Å²) in [5.41, 5.74) is 8.17. The van der Waals surface area contributed by atoms with Gasteiger partial charge in [-0.3, -0.25) is 0 Å². The van der Waals surface area contributed by atoms with Crippen LogP contribution in [-0.2, 0) is 6.61 Å². The van der Waals surface area contributed by atoms with Gasteiger partial charge in [0.15, 0.2) is 17.4 Å². The number of hydrogen-bond acceptors (Lipinski definition) is 3. The van der Waals surface area contributed by atoms with Gasteiger partial charge in [-0.15, -0.1) is 0 Å². The molecule has 8 heteroatoms. The van der Waals surface area contributed by atoms with E-state index in [-0.39, 0.29) is 6.61 Å². The van der Waals surface area contributed by atoms with Crippen LogP contribution in [0.25, 0.3) is 0 Å². The molecule has 0 atom stereocenters. The molecule has 2 amide bonds. The lowest BCUT2D eigenvalue weighted by atomic mass is 10.1. The number of benzene rings is 2. The lowest BCUT2D eigenvalue weighted by Gasteiger charge is -2.08. The van der Waals surface area contributed by atoms with E-state index < -0.39 is 29.2 Å². The third kappa shape index (κ3) is 4.47. The van der Waals surface area contributed by atoms with Crippen LogP contribution in [0.15, 0.2) is 41.5 Å². The highest BCUT2D eigenvalue weighted by Crippen LogP contribution is 2.22. The number of nitrogens with zero attached hydrogens (tertiary/aromatic N) is 1. The normalized spacial score (nSPS) is 10.7. The fraction of sp³-hybridized carbons (Fsp3) is 0.0667. The minimum atomic E-state index is -1.58. The summed E-state index contributed by atoms with van der Waals surface area (Å²) >= 11 is 0. The number of carbonyl (C=O) groups is 1. The standard InChI is InChI=1S/C15H12F3N3O2/c16-11-4-5-12(14(18)13(11)17)23-8-10-3-1-2-9(6-10)7-20-21-15(19)22/h1-7H,8H2,(H3,19,21,22). The molecule has 2 aromatic rings. The largest absolute Gasteiger partial charge is 0.486 e. The summed E-state index contributed by atoms with van der Waals surface area (Å²) in [4.78, 5) is 10.5. The Bertz CT molecular complexity index is 751. The molecule has 0 saturated carbocycles. The van der Waals surface area contributed by atoms with Crippen molar-refractivity contribution in [3.63, 3.8) is 0 Å². The smallest absolute Gasteiger partial charge is 0.332 e. The van der Waals surface area contributed by atoms with Crippen LogP contribution in [0.2, 0.25) is 0 Å². The van der Waals surface area contributed by atoms with Crippen molar-refractivity contribution >= 4 is 12.2 Å². The minimum Gasteiger partial charge on any atom is -0.486 e. The SMILES string of the molecule is NC(=O)NN=Cc1cccc(COc2ccc(F)c(F)c2F)c1. The molecule has 0 aliphatic heterocycles. The van der Waals surface area contributed by atoms with Gasteiger partial charge in [-0.05, 0) is 29.3 Å². The molecule has 0 aromatic heterocycles. The van der Waals surface area contributed by atoms with E-state index in [9.17, 15) is 18.0 Å². The molecule has 5 nitrogen and oxygen atoms in total. The van der Waals surface area contributed by atoms with E-state index in [0.717, 1.165) is 12.1 Å². The van der Waals surface area contributed by atoms with Gasteiger partial charge in [0.2, 0.25) is 5.82 Å². The third-order valence-electron chi connectivity index (χ3n) is 2.73. The van der Waals surface area contributed by atoms with Crippen LogP contribution in [0.5, 0.6) is 5.75 Å². The first kappa shape index (κ1) is 16.3. The van der Waals surface area contributed by atoms with Crippen molar-refractivity contribution in [3.8, 4) is 5.75 Å². The Morgan fingerprint density at radius 2 is 2.00 bits per heavy atom. The Kier molecular flexibility index (Phi) is 5.19. The molecule has 0 aliphatic carbocycles. The zero-order valence-corrected chi connectivity index (χ0v) is 11.7. The molecule has 0 fully saturated rings. The number of rotatable bonds is 5. The van der Waals surface area contributed by atoms with E-state index in [1.807, 2.05) is 5.43 Å². The summed E-state index contributed by atoms with van der Waals surface area (Å²) in [5.74, 6) is -4.64. The summed E-state index contributed by atoms with van der Waals surface area (Å²) in [6.45, 7) is -0.0626. The summed E-state index contributed by atoms with van der Waals surface area (Å²) in [6, 6.07) is 7.73. The fourth-order valence-corrected chi connectivity index (χ4v) is 1.71. The predicted octanol–water partition coefficient (Wildman–Crippen LogP) is 2.69. The Morgan fingerprint density at radius 1 is 1.22 bits per heavy atom. The van der Waals surface area contributed by atoms with Gasteiger partial charge in [-0.2, -0.15) is 9.49 Å². The van der Waals surface area contributed by atoms with Crippen LogP contribution in [0.4, 0.5) is 18.0 Å². The van der Waals surface area contributed by atoms with E-state index in [2.05, 4.69) is 5.10 Å². The average molecular weight is 323 g/mol. The van der Waals surface area contributed by atoms with Gasteiger partial charge >= 0.3 is 6.03 Å². The zero-order valence-electron chi connectivity index (χ0n) is 11.7. The van der Waals surface area contributed by atoms with Gasteiger partial charge in [0.05, 0.1) is 6.21 Å². The van der Waals surface area contributed by atoms with E-state index in [4.69, 9.17) is 10.5 Å². The number of nitrogens with two attached hydrogens (primary N) is 1. The van der Waals surface area contributed by atoms with Gasteiger partial charge < -0.3 is 10.5 Å². The molecule has 0 spiro atoms. The van der Waals surface area contributed by atoms with Gasteiger partial charge in [-0.1, -0.05) is 18.2 Å². The van der Waals surface area contributed by atoms with E-state index >= 15 is 0 Å². The molecular weight excluding hydrogens is 311 g/mol. The molecule has 2 rings (SSSR count). The maximum absolute atomic E-state index is 13.5. The van der Waals surface area contributed by atoms with E-state index in [0.29, 0.717) is 11.1 Å². The molecule has 0 heterocycles. The molecular formula is C15H12F3N3O2. The summed E-state index contributed by atoms with van der Waals surface area (Å²) in [6.07, 6.45) is 1.35. The minimum absolute atomic E-state index is 0.0626. The topological polar surface area (TPSA) is 76.7 Å². The first-order valence-electron chi connectivity index (χ1n) is 6.41. The monoisotopic (exact) mass is 323 g/mol. The van der Waals surface area contributed by atoms with Crippen molar-refractivity contribution in [1.29, 1.82) is 0 Å². The predicted molar refractivity (Wildman–Crippen MR) is 77.4 cm³/mol. The summed E-state index contributed by atoms with van der Waals surface area (Å²) in [5, 5.41) is 3.59. The van der Waals surface area contributed by atoms with Crippen LogP contribution in [0.3, 0.4) is 0 Å². The molecule has 0 bridgehead atoms. The van der Waals surface area contributed by atoms with E-state index in [1.165, 1.54) is 6.21 Å². The first-order valence-corrected chi connectivity index (χ1v) is 6.41. The molecule has 0 aliphatic rings. The number of halogens is 3. The third-order valence-corrected chi connectivity index (χ3v) is 2.73. The van der Waals surface area contributed by atoms with Crippen molar-refractivity contribution in [2.45, 2.75) is 6.61 Å². The van der Waals surface area contributed by atoms with Gasteiger partial charge in [-0.25, -0.2) is 19.0 Å². The van der Waals surface area contributed by atoms with Crippen LogP contribution in [0.1, 0.15) is 11.1 Å². The molecule has 23 heavy (non-hydrogen) atoms. The summed E-state index contributed by atoms with van der Waals surface area (Å²) in [7, 11) is 0. The second-order valence-corrected chi connectivity index (χ2v) is 4.44. The van der Waals surface area contributed by atoms with Crippen LogP contribution >= 0.6 is 0 Å². The first-order chi connectivity index (χ1) is 11.0. The summed E-state index contributed by atoms with van der Waals surface area (Å²) < 4.78 is 44.5. The number of hydrazone groups is 1. The lowest BCUT2D eigenvalue weighted by Crippen LogP contribution is -2.24. The van der Waals surface area contributed by atoms with Crippen LogP contribution < -0.4 is 15.9 Å². The quantitative estimate of drug-likeness (QED) is 0.504. The highest BCUT2D eigenvalue weighted by Gasteiger charge is 2.14. The van der Waals surface area contributed by atoms with Crippen molar-refractivity contribution in [2.24, 2.45) is 10.8 Å². The van der Waals surface area contributed by atoms with Crippen molar-refractivity contribution in [2.75, 3.05) is 0 Å². The van der Waals surface area contributed by atoms with Crippen LogP contribution in [-0.4, -0.2) is 12.2 Å². The molecule has 3 N–H and O–H groups in total. The molecule has 120 valence electrons. The maximum atomic E-state index is 13.5. The second kappa shape index (κ2) is 7.30. The van der Waals surface area contributed by atoms with Gasteiger partial charge in [0.1, 0.15) is 6.61 Å². The molecule has 2 aromatic carbocycles. The van der Waals surface area contributed by atoms with Crippen molar-refractivity contribution in [3.05, 3.63) is 65.0 Å². The lowest BCUT2D eigenvalue weighted by molar-refractivity contribution is 0.249. The van der Waals surface area contributed by atoms with Gasteiger partial charge in [0.25, 0.3) is 0 Å². The molecule has 0 radical (unpaired) electrons. The van der Waals surface area contributed by atoms with Gasteiger partial charge in [0, 0.05) is 0 Å². The number of urea groups is 1. The molecule has 0 saturated heterocycles. The number of carbonyl (C=O) groups excluding carboxylic acids is 1. The molecule has 0 unspecified atom stereocenters. The number of nitrogens with one attached hydrogen (secondary N) is 1. The Hall–Kier alpha value is -3.03. The number of ether oxygens (including phenoxy) is 1. The Labute approximate surface area is 129 Å².